The van der Waals surface area contributed by atoms with Gasteiger partial charge in [-0.2, -0.15) is 0 Å². The Bertz CT molecular complexity index is 599. The van der Waals surface area contributed by atoms with Gasteiger partial charge in [0.15, 0.2) is 0 Å². The highest BCUT2D eigenvalue weighted by atomic mass is 127. The largest absolute Gasteiger partial charge is 0.444 e. The van der Waals surface area contributed by atoms with E-state index < -0.39 is 11.7 Å². The molecule has 0 radical (unpaired) electrons. The van der Waals surface area contributed by atoms with E-state index in [2.05, 4.69) is 38.1 Å². The number of anilines is 1. The van der Waals surface area contributed by atoms with E-state index in [1.165, 1.54) is 0 Å². The van der Waals surface area contributed by atoms with Crippen LogP contribution in [0.2, 0.25) is 0 Å². The molecular weight excluding hydrogens is 433 g/mol. The third-order valence-electron chi connectivity index (χ3n) is 3.72. The van der Waals surface area contributed by atoms with Crippen LogP contribution in [-0.4, -0.2) is 48.2 Å². The van der Waals surface area contributed by atoms with Crippen LogP contribution < -0.4 is 10.6 Å². The highest BCUT2D eigenvalue weighted by Gasteiger charge is 2.25. The summed E-state index contributed by atoms with van der Waals surface area (Å²) in [5.41, 5.74) is 0.289. The monoisotopic (exact) mass is 459 g/mol. The van der Waals surface area contributed by atoms with E-state index in [1.54, 1.807) is 0 Å². The van der Waals surface area contributed by atoms with Gasteiger partial charge in [-0.05, 0) is 87.0 Å². The number of nitrogens with zero attached hydrogens (tertiary/aromatic N) is 1. The van der Waals surface area contributed by atoms with Crippen LogP contribution in [0.4, 0.5) is 10.5 Å². The lowest BCUT2D eigenvalue weighted by Gasteiger charge is -2.33. The zero-order valence-electron chi connectivity index (χ0n) is 15.0. The quantitative estimate of drug-likeness (QED) is 0.679. The molecule has 25 heavy (non-hydrogen) atoms. The van der Waals surface area contributed by atoms with E-state index >= 15 is 0 Å². The van der Waals surface area contributed by atoms with Crippen LogP contribution in [-0.2, 0) is 9.53 Å². The first kappa shape index (κ1) is 20.0. The predicted molar refractivity (Wildman–Crippen MR) is 107 cm³/mol. The zero-order valence-corrected chi connectivity index (χ0v) is 17.1. The summed E-state index contributed by atoms with van der Waals surface area (Å²) in [5.74, 6) is -0.0425. The second-order valence-electron chi connectivity index (χ2n) is 7.28. The molecule has 6 nitrogen and oxygen atoms in total. The fourth-order valence-electron chi connectivity index (χ4n) is 2.73. The van der Waals surface area contributed by atoms with Crippen molar-refractivity contribution in [2.24, 2.45) is 0 Å². The van der Waals surface area contributed by atoms with Crippen molar-refractivity contribution in [3.63, 3.8) is 0 Å². The Hall–Kier alpha value is -1.35. The van der Waals surface area contributed by atoms with E-state index in [0.717, 1.165) is 28.6 Å². The molecule has 0 aromatic heterocycles. The molecule has 0 bridgehead atoms. The average molecular weight is 459 g/mol. The summed E-state index contributed by atoms with van der Waals surface area (Å²) < 4.78 is 6.42. The number of nitrogens with one attached hydrogen (secondary N) is 2. The molecule has 0 unspecified atom stereocenters. The highest BCUT2D eigenvalue weighted by Crippen LogP contribution is 2.14. The lowest BCUT2D eigenvalue weighted by atomic mass is 10.1. The van der Waals surface area contributed by atoms with Gasteiger partial charge in [-0.15, -0.1) is 0 Å². The van der Waals surface area contributed by atoms with Crippen LogP contribution in [0.3, 0.4) is 0 Å². The molecule has 2 N–H and O–H groups in total. The van der Waals surface area contributed by atoms with Gasteiger partial charge in [0.05, 0.1) is 6.54 Å². The fourth-order valence-corrected chi connectivity index (χ4v) is 3.09. The lowest BCUT2D eigenvalue weighted by molar-refractivity contribution is -0.117. The highest BCUT2D eigenvalue weighted by molar-refractivity contribution is 14.1. The molecular formula is C18H26IN3O3. The Morgan fingerprint density at radius 2 is 1.96 bits per heavy atom. The van der Waals surface area contributed by atoms with Crippen LogP contribution in [0.5, 0.6) is 0 Å². The van der Waals surface area contributed by atoms with Crippen molar-refractivity contribution in [1.29, 1.82) is 0 Å². The first-order valence-electron chi connectivity index (χ1n) is 8.48. The third-order valence-corrected chi connectivity index (χ3v) is 4.44. The van der Waals surface area contributed by atoms with E-state index in [0.29, 0.717) is 13.1 Å². The maximum atomic E-state index is 12.2. The number of hydrogen-bond acceptors (Lipinski definition) is 4. The van der Waals surface area contributed by atoms with Gasteiger partial charge in [0.2, 0.25) is 5.91 Å². The first-order valence-corrected chi connectivity index (χ1v) is 9.56. The van der Waals surface area contributed by atoms with Crippen molar-refractivity contribution in [1.82, 2.24) is 10.2 Å². The molecule has 1 aromatic carbocycles. The smallest absolute Gasteiger partial charge is 0.407 e. The topological polar surface area (TPSA) is 70.7 Å². The number of benzene rings is 1. The number of alkyl carbamates (subject to hydrolysis) is 1. The first-order chi connectivity index (χ1) is 11.7. The molecule has 0 aliphatic carbocycles. The minimum atomic E-state index is -0.508. The van der Waals surface area contributed by atoms with Crippen molar-refractivity contribution in [3.8, 4) is 0 Å². The number of ether oxygens (including phenoxy) is 1. The number of hydrogen-bond donors (Lipinski definition) is 2. The Morgan fingerprint density at radius 1 is 1.28 bits per heavy atom. The van der Waals surface area contributed by atoms with Crippen molar-refractivity contribution < 1.29 is 14.3 Å². The summed E-state index contributed by atoms with van der Waals surface area (Å²) in [6.45, 7) is 7.35. The molecule has 0 spiro atoms. The Labute approximate surface area is 162 Å². The van der Waals surface area contributed by atoms with Crippen molar-refractivity contribution in [2.45, 2.75) is 45.3 Å². The number of carbonyl (C=O) groups is 2. The maximum Gasteiger partial charge on any atom is 0.407 e. The van der Waals surface area contributed by atoms with Crippen LogP contribution >= 0.6 is 22.6 Å². The van der Waals surface area contributed by atoms with Crippen LogP contribution in [0.1, 0.15) is 33.6 Å². The second kappa shape index (κ2) is 8.84. The van der Waals surface area contributed by atoms with Crippen molar-refractivity contribution in [2.75, 3.05) is 25.0 Å². The average Bonchev–Trinajstić information content (AvgIpc) is 2.48. The summed E-state index contributed by atoms with van der Waals surface area (Å²) in [6, 6.07) is 7.70. The van der Waals surface area contributed by atoms with Crippen LogP contribution in [0.15, 0.2) is 24.3 Å². The van der Waals surface area contributed by atoms with Crippen LogP contribution in [0.25, 0.3) is 0 Å². The van der Waals surface area contributed by atoms with Gasteiger partial charge in [-0.3, -0.25) is 9.69 Å². The summed E-state index contributed by atoms with van der Waals surface area (Å²) in [4.78, 5) is 26.2. The summed E-state index contributed by atoms with van der Waals surface area (Å²) >= 11 is 2.23. The molecule has 2 amide bonds. The minimum absolute atomic E-state index is 0.00898. The van der Waals surface area contributed by atoms with Gasteiger partial charge < -0.3 is 15.4 Å². The van der Waals surface area contributed by atoms with Crippen molar-refractivity contribution >= 4 is 40.3 Å². The summed E-state index contributed by atoms with van der Waals surface area (Å²) in [5, 5.41) is 5.81. The second-order valence-corrected chi connectivity index (χ2v) is 8.52. The van der Waals surface area contributed by atoms with E-state index in [4.69, 9.17) is 4.74 Å². The molecule has 138 valence electrons. The molecule has 1 atom stereocenters. The lowest BCUT2D eigenvalue weighted by Crippen LogP contribution is -2.50. The molecule has 1 aromatic rings. The number of amides is 2. The normalized spacial score (nSPS) is 18.5. The molecule has 0 saturated carbocycles. The fraction of sp³-hybridized carbons (Fsp3) is 0.556. The Morgan fingerprint density at radius 3 is 2.60 bits per heavy atom. The SMILES string of the molecule is CC(C)(C)OC(=O)N[C@H]1CCCN(CC(=O)Nc2ccc(I)cc2)C1. The number of likely N-dealkylation sites (tertiary alicyclic amines) is 1. The molecule has 1 aliphatic heterocycles. The number of halogens is 1. The molecule has 2 rings (SSSR count). The summed E-state index contributed by atoms with van der Waals surface area (Å²) in [6.07, 6.45) is 1.44. The predicted octanol–water partition coefficient (Wildman–Crippen LogP) is 3.22. The van der Waals surface area contributed by atoms with Gasteiger partial charge in [-0.25, -0.2) is 4.79 Å². The van der Waals surface area contributed by atoms with E-state index in [-0.39, 0.29) is 11.9 Å². The van der Waals surface area contributed by atoms with Gasteiger partial charge >= 0.3 is 6.09 Å². The maximum absolute atomic E-state index is 12.2. The zero-order chi connectivity index (χ0) is 18.4. The van der Waals surface area contributed by atoms with Gasteiger partial charge in [-0.1, -0.05) is 0 Å². The van der Waals surface area contributed by atoms with Crippen molar-refractivity contribution in [3.05, 3.63) is 27.8 Å². The molecule has 7 heteroatoms. The van der Waals surface area contributed by atoms with E-state index in [1.807, 2.05) is 45.0 Å². The van der Waals surface area contributed by atoms with Crippen LogP contribution in [0, 0.1) is 3.57 Å². The molecule has 1 saturated heterocycles. The Kier molecular flexibility index (Phi) is 7.06. The Balaban J connectivity index is 1.79. The van der Waals surface area contributed by atoms with Gasteiger partial charge in [0, 0.05) is 21.8 Å². The van der Waals surface area contributed by atoms with E-state index in [9.17, 15) is 9.59 Å². The third kappa shape index (κ3) is 7.60. The molecule has 1 heterocycles. The van der Waals surface area contributed by atoms with Gasteiger partial charge in [0.1, 0.15) is 5.60 Å². The molecule has 1 fully saturated rings. The van der Waals surface area contributed by atoms with Gasteiger partial charge in [0.25, 0.3) is 0 Å². The number of carbonyl (C=O) groups excluding carboxylic acids is 2. The number of rotatable bonds is 4. The minimum Gasteiger partial charge on any atom is -0.444 e. The summed E-state index contributed by atoms with van der Waals surface area (Å²) in [7, 11) is 0. The number of piperidine rings is 1. The standard InChI is InChI=1S/C18H26IN3O3/c1-18(2,3)25-17(24)21-15-5-4-10-22(11-15)12-16(23)20-14-8-6-13(19)7-9-14/h6-9,15H,4-5,10-12H2,1-3H3,(H,20,23)(H,21,24)/t15-/m0/s1. The molecule has 1 aliphatic rings.